The van der Waals surface area contributed by atoms with Gasteiger partial charge in [-0.05, 0) is 22.9 Å². The summed E-state index contributed by atoms with van der Waals surface area (Å²) in [6, 6.07) is 13.6. The molecule has 0 unspecified atom stereocenters. The van der Waals surface area contributed by atoms with Gasteiger partial charge >= 0.3 is 0 Å². The second kappa shape index (κ2) is 6.22. The van der Waals surface area contributed by atoms with Crippen LogP contribution >= 0.6 is 0 Å². The summed E-state index contributed by atoms with van der Waals surface area (Å²) in [5.41, 5.74) is 1.71. The van der Waals surface area contributed by atoms with Gasteiger partial charge in [0.15, 0.2) is 0 Å². The number of hydrogen-bond donors (Lipinski definition) is 0. The molecule has 3 aromatic rings. The van der Waals surface area contributed by atoms with Crippen molar-refractivity contribution in [3.63, 3.8) is 0 Å². The van der Waals surface area contributed by atoms with Gasteiger partial charge in [0, 0.05) is 17.7 Å². The second-order valence-electron chi connectivity index (χ2n) is 4.80. The van der Waals surface area contributed by atoms with Gasteiger partial charge in [0.2, 0.25) is 5.82 Å². The SMILES string of the molecule is COc1cccc(-c2nnn(Cc3ccc([N+](=O)[O-])cc3)n2)c1. The minimum absolute atomic E-state index is 0.0531. The molecule has 0 bridgehead atoms. The van der Waals surface area contributed by atoms with Crippen LogP contribution in [-0.4, -0.2) is 32.2 Å². The number of rotatable bonds is 5. The molecule has 0 spiro atoms. The minimum atomic E-state index is -0.432. The zero-order chi connectivity index (χ0) is 16.2. The summed E-state index contributed by atoms with van der Waals surface area (Å²) < 4.78 is 5.17. The molecular weight excluding hydrogens is 298 g/mol. The Balaban J connectivity index is 1.77. The van der Waals surface area contributed by atoms with E-state index in [0.29, 0.717) is 18.1 Å². The first-order valence-electron chi connectivity index (χ1n) is 6.81. The van der Waals surface area contributed by atoms with Gasteiger partial charge in [-0.1, -0.05) is 24.3 Å². The number of benzene rings is 2. The van der Waals surface area contributed by atoms with Gasteiger partial charge in [-0.25, -0.2) is 0 Å². The van der Waals surface area contributed by atoms with Crippen LogP contribution in [0.25, 0.3) is 11.4 Å². The fourth-order valence-corrected chi connectivity index (χ4v) is 2.07. The van der Waals surface area contributed by atoms with Crippen LogP contribution in [0, 0.1) is 10.1 Å². The van der Waals surface area contributed by atoms with Crippen LogP contribution in [-0.2, 0) is 6.54 Å². The summed E-state index contributed by atoms with van der Waals surface area (Å²) >= 11 is 0. The normalized spacial score (nSPS) is 10.5. The van der Waals surface area contributed by atoms with Crippen molar-refractivity contribution in [1.29, 1.82) is 0 Å². The summed E-state index contributed by atoms with van der Waals surface area (Å²) in [6.45, 7) is 0.384. The van der Waals surface area contributed by atoms with Crippen LogP contribution in [0.15, 0.2) is 48.5 Å². The molecule has 0 amide bonds. The van der Waals surface area contributed by atoms with E-state index in [9.17, 15) is 10.1 Å². The van der Waals surface area contributed by atoms with Crippen molar-refractivity contribution in [3.05, 3.63) is 64.2 Å². The van der Waals surface area contributed by atoms with Gasteiger partial charge in [-0.2, -0.15) is 4.80 Å². The highest BCUT2D eigenvalue weighted by Crippen LogP contribution is 2.20. The molecule has 3 rings (SSSR count). The van der Waals surface area contributed by atoms with E-state index in [2.05, 4.69) is 15.4 Å². The van der Waals surface area contributed by atoms with E-state index < -0.39 is 4.92 Å². The molecule has 0 fully saturated rings. The predicted molar refractivity (Wildman–Crippen MR) is 82.0 cm³/mol. The number of ether oxygens (including phenoxy) is 1. The molecule has 8 nitrogen and oxygen atoms in total. The lowest BCUT2D eigenvalue weighted by Gasteiger charge is -2.00. The third-order valence-corrected chi connectivity index (χ3v) is 3.25. The van der Waals surface area contributed by atoms with E-state index in [0.717, 1.165) is 11.1 Å². The zero-order valence-corrected chi connectivity index (χ0v) is 12.3. The van der Waals surface area contributed by atoms with Gasteiger partial charge in [-0.15, -0.1) is 10.2 Å². The standard InChI is InChI=1S/C15H13N5O3/c1-23-14-4-2-3-12(9-14)15-16-18-19(17-15)10-11-5-7-13(8-6-11)20(21)22/h2-9H,10H2,1H3. The second-order valence-corrected chi connectivity index (χ2v) is 4.80. The van der Waals surface area contributed by atoms with E-state index >= 15 is 0 Å². The minimum Gasteiger partial charge on any atom is -0.497 e. The number of non-ortho nitro benzene ring substituents is 1. The Morgan fingerprint density at radius 3 is 2.70 bits per heavy atom. The monoisotopic (exact) mass is 311 g/mol. The molecule has 2 aromatic carbocycles. The average Bonchev–Trinajstić information content (AvgIpc) is 3.04. The summed E-state index contributed by atoms with van der Waals surface area (Å²) in [7, 11) is 1.60. The van der Waals surface area contributed by atoms with Crippen LogP contribution in [0.2, 0.25) is 0 Å². The van der Waals surface area contributed by atoms with Crippen molar-refractivity contribution >= 4 is 5.69 Å². The molecule has 0 aliphatic rings. The van der Waals surface area contributed by atoms with E-state index in [4.69, 9.17) is 4.74 Å². The van der Waals surface area contributed by atoms with Gasteiger partial charge < -0.3 is 4.74 Å². The summed E-state index contributed by atoms with van der Waals surface area (Å²) in [4.78, 5) is 11.6. The third kappa shape index (κ3) is 3.31. The highest BCUT2D eigenvalue weighted by molar-refractivity contribution is 5.56. The molecule has 23 heavy (non-hydrogen) atoms. The maximum absolute atomic E-state index is 10.6. The van der Waals surface area contributed by atoms with Crippen molar-refractivity contribution in [2.45, 2.75) is 6.54 Å². The average molecular weight is 311 g/mol. The van der Waals surface area contributed by atoms with Crippen molar-refractivity contribution in [2.24, 2.45) is 0 Å². The van der Waals surface area contributed by atoms with Crippen molar-refractivity contribution in [2.75, 3.05) is 7.11 Å². The fraction of sp³-hybridized carbons (Fsp3) is 0.133. The highest BCUT2D eigenvalue weighted by atomic mass is 16.6. The Hall–Kier alpha value is -3.29. The molecule has 1 heterocycles. The van der Waals surface area contributed by atoms with Gasteiger partial charge in [0.05, 0.1) is 18.6 Å². The van der Waals surface area contributed by atoms with E-state index in [1.54, 1.807) is 19.2 Å². The Bertz CT molecular complexity index is 829. The summed E-state index contributed by atoms with van der Waals surface area (Å²) in [5.74, 6) is 1.21. The number of aromatic nitrogens is 4. The zero-order valence-electron chi connectivity index (χ0n) is 12.3. The first-order valence-corrected chi connectivity index (χ1v) is 6.81. The van der Waals surface area contributed by atoms with E-state index in [1.807, 2.05) is 24.3 Å². The number of nitro groups is 1. The fourth-order valence-electron chi connectivity index (χ4n) is 2.07. The molecule has 0 aliphatic heterocycles. The topological polar surface area (TPSA) is 96.0 Å². The Morgan fingerprint density at radius 2 is 2.00 bits per heavy atom. The molecule has 116 valence electrons. The molecule has 0 saturated carbocycles. The predicted octanol–water partition coefficient (Wildman–Crippen LogP) is 2.31. The Morgan fingerprint density at radius 1 is 1.22 bits per heavy atom. The van der Waals surface area contributed by atoms with E-state index in [-0.39, 0.29) is 5.69 Å². The molecule has 0 aliphatic carbocycles. The lowest BCUT2D eigenvalue weighted by molar-refractivity contribution is -0.384. The van der Waals surface area contributed by atoms with Crippen molar-refractivity contribution in [3.8, 4) is 17.1 Å². The number of nitrogens with zero attached hydrogens (tertiary/aromatic N) is 5. The van der Waals surface area contributed by atoms with Crippen LogP contribution in [0.4, 0.5) is 5.69 Å². The maximum Gasteiger partial charge on any atom is 0.269 e. The maximum atomic E-state index is 10.6. The summed E-state index contributed by atoms with van der Waals surface area (Å²) in [5, 5.41) is 23.0. The molecular formula is C15H13N5O3. The smallest absolute Gasteiger partial charge is 0.269 e. The molecule has 0 atom stereocenters. The molecule has 0 N–H and O–H groups in total. The Kier molecular flexibility index (Phi) is 3.96. The van der Waals surface area contributed by atoms with Crippen molar-refractivity contribution < 1.29 is 9.66 Å². The van der Waals surface area contributed by atoms with Crippen molar-refractivity contribution in [1.82, 2.24) is 20.2 Å². The quantitative estimate of drug-likeness (QED) is 0.530. The molecule has 8 heteroatoms. The number of nitro benzene ring substituents is 1. The van der Waals surface area contributed by atoms with Gasteiger partial charge in [0.1, 0.15) is 5.75 Å². The van der Waals surface area contributed by atoms with Gasteiger partial charge in [0.25, 0.3) is 5.69 Å². The first kappa shape index (κ1) is 14.6. The highest BCUT2D eigenvalue weighted by Gasteiger charge is 2.09. The number of tetrazole rings is 1. The number of methoxy groups -OCH3 is 1. The molecule has 0 radical (unpaired) electrons. The van der Waals surface area contributed by atoms with Crippen LogP contribution in [0.3, 0.4) is 0 Å². The molecule has 1 aromatic heterocycles. The molecule has 0 saturated heterocycles. The van der Waals surface area contributed by atoms with Crippen LogP contribution in [0.1, 0.15) is 5.56 Å². The lowest BCUT2D eigenvalue weighted by Crippen LogP contribution is -2.04. The van der Waals surface area contributed by atoms with Gasteiger partial charge in [-0.3, -0.25) is 10.1 Å². The largest absolute Gasteiger partial charge is 0.497 e. The third-order valence-electron chi connectivity index (χ3n) is 3.25. The lowest BCUT2D eigenvalue weighted by atomic mass is 10.2. The first-order chi connectivity index (χ1) is 11.2. The Labute approximate surface area is 131 Å². The summed E-state index contributed by atoms with van der Waals surface area (Å²) in [6.07, 6.45) is 0. The number of hydrogen-bond acceptors (Lipinski definition) is 6. The van der Waals surface area contributed by atoms with Crippen LogP contribution in [0.5, 0.6) is 5.75 Å². The van der Waals surface area contributed by atoms with E-state index in [1.165, 1.54) is 16.9 Å². The van der Waals surface area contributed by atoms with Crippen LogP contribution < -0.4 is 4.74 Å².